The Morgan fingerprint density at radius 2 is 2.26 bits per heavy atom. The maximum atomic E-state index is 11.9. The van der Waals surface area contributed by atoms with Crippen molar-refractivity contribution < 1.29 is 14.3 Å². The maximum absolute atomic E-state index is 11.9. The smallest absolute Gasteiger partial charge is 0.260 e. The van der Waals surface area contributed by atoms with Crippen LogP contribution in [0.3, 0.4) is 0 Å². The monoisotopic (exact) mass is 326 g/mol. The number of carbonyl (C=O) groups excluding carboxylic acids is 2. The number of nitrogens with two attached hydrogens (primary N) is 1. The van der Waals surface area contributed by atoms with Crippen LogP contribution in [0.2, 0.25) is 0 Å². The molecule has 0 unspecified atom stereocenters. The summed E-state index contributed by atoms with van der Waals surface area (Å²) in [6, 6.07) is 7.30. The zero-order valence-corrected chi connectivity index (χ0v) is 11.9. The van der Waals surface area contributed by atoms with Crippen LogP contribution in [0.5, 0.6) is 5.75 Å². The highest BCUT2D eigenvalue weighted by molar-refractivity contribution is 9.10. The summed E-state index contributed by atoms with van der Waals surface area (Å²) in [5.41, 5.74) is 5.23. The summed E-state index contributed by atoms with van der Waals surface area (Å²) in [7, 11) is 0. The molecule has 1 fully saturated rings. The van der Waals surface area contributed by atoms with Crippen molar-refractivity contribution in [2.45, 2.75) is 6.42 Å². The number of benzene rings is 1. The molecule has 6 heteroatoms. The van der Waals surface area contributed by atoms with Crippen LogP contribution in [0, 0.1) is 5.92 Å². The van der Waals surface area contributed by atoms with Crippen LogP contribution in [-0.4, -0.2) is 36.4 Å². The van der Waals surface area contributed by atoms with E-state index < -0.39 is 0 Å². The molecular weight excluding hydrogens is 312 g/mol. The summed E-state index contributed by atoms with van der Waals surface area (Å²) >= 11 is 3.33. The molecule has 1 saturated heterocycles. The van der Waals surface area contributed by atoms with Crippen LogP contribution >= 0.6 is 15.9 Å². The van der Waals surface area contributed by atoms with E-state index in [1.165, 1.54) is 0 Å². The van der Waals surface area contributed by atoms with Crippen molar-refractivity contribution in [3.63, 3.8) is 0 Å². The van der Waals surface area contributed by atoms with Gasteiger partial charge in [-0.25, -0.2) is 0 Å². The van der Waals surface area contributed by atoms with Crippen molar-refractivity contribution in [1.82, 2.24) is 4.90 Å². The van der Waals surface area contributed by atoms with Crippen molar-refractivity contribution in [2.75, 3.05) is 19.7 Å². The predicted molar refractivity (Wildman–Crippen MR) is 73.5 cm³/mol. The van der Waals surface area contributed by atoms with Gasteiger partial charge in [0, 0.05) is 17.6 Å². The SMILES string of the molecule is NC(=O)[C@@H]1CCN(C(=O)COc2cccc(Br)c2)C1. The number of halogens is 1. The summed E-state index contributed by atoms with van der Waals surface area (Å²) in [6.45, 7) is 0.937. The second-order valence-corrected chi connectivity index (χ2v) is 5.39. The third-order valence-corrected chi connectivity index (χ3v) is 3.59. The van der Waals surface area contributed by atoms with E-state index in [1.807, 2.05) is 12.1 Å². The van der Waals surface area contributed by atoms with Crippen LogP contribution in [0.15, 0.2) is 28.7 Å². The number of likely N-dealkylation sites (tertiary alicyclic amines) is 1. The quantitative estimate of drug-likeness (QED) is 0.902. The molecule has 19 heavy (non-hydrogen) atoms. The fourth-order valence-electron chi connectivity index (χ4n) is 2.01. The summed E-state index contributed by atoms with van der Waals surface area (Å²) in [5, 5.41) is 0. The number of carbonyl (C=O) groups is 2. The topological polar surface area (TPSA) is 72.6 Å². The van der Waals surface area contributed by atoms with Crippen molar-refractivity contribution in [1.29, 1.82) is 0 Å². The summed E-state index contributed by atoms with van der Waals surface area (Å²) < 4.78 is 6.32. The Balaban J connectivity index is 1.84. The van der Waals surface area contributed by atoms with Gasteiger partial charge in [-0.3, -0.25) is 9.59 Å². The normalized spacial score (nSPS) is 18.4. The second-order valence-electron chi connectivity index (χ2n) is 4.47. The van der Waals surface area contributed by atoms with Gasteiger partial charge in [-0.1, -0.05) is 22.0 Å². The van der Waals surface area contributed by atoms with E-state index in [2.05, 4.69) is 15.9 Å². The molecule has 2 N–H and O–H groups in total. The minimum Gasteiger partial charge on any atom is -0.484 e. The Morgan fingerprint density at radius 3 is 2.89 bits per heavy atom. The Kier molecular flexibility index (Phi) is 4.42. The Morgan fingerprint density at radius 1 is 1.47 bits per heavy atom. The van der Waals surface area contributed by atoms with E-state index in [0.717, 1.165) is 4.47 Å². The van der Waals surface area contributed by atoms with Crippen molar-refractivity contribution >= 4 is 27.7 Å². The fourth-order valence-corrected chi connectivity index (χ4v) is 2.39. The Labute approximate surface area is 119 Å². The molecule has 1 aromatic carbocycles. The largest absolute Gasteiger partial charge is 0.484 e. The third kappa shape index (κ3) is 3.70. The van der Waals surface area contributed by atoms with Gasteiger partial charge in [0.25, 0.3) is 5.91 Å². The van der Waals surface area contributed by atoms with E-state index in [4.69, 9.17) is 10.5 Å². The van der Waals surface area contributed by atoms with Crippen LogP contribution in [0.25, 0.3) is 0 Å². The van der Waals surface area contributed by atoms with Crippen LogP contribution in [0.4, 0.5) is 0 Å². The average Bonchev–Trinajstić information content (AvgIpc) is 2.86. The first-order chi connectivity index (χ1) is 9.06. The average molecular weight is 327 g/mol. The maximum Gasteiger partial charge on any atom is 0.260 e. The van der Waals surface area contributed by atoms with Gasteiger partial charge in [0.1, 0.15) is 5.75 Å². The molecule has 0 spiro atoms. The highest BCUT2D eigenvalue weighted by Crippen LogP contribution is 2.19. The summed E-state index contributed by atoms with van der Waals surface area (Å²) in [5.74, 6) is -0.0601. The third-order valence-electron chi connectivity index (χ3n) is 3.10. The Hall–Kier alpha value is -1.56. The number of nitrogens with zero attached hydrogens (tertiary/aromatic N) is 1. The minimum absolute atomic E-state index is 0.0259. The van der Waals surface area contributed by atoms with E-state index in [0.29, 0.717) is 25.3 Å². The van der Waals surface area contributed by atoms with Crippen molar-refractivity contribution in [3.8, 4) is 5.75 Å². The molecule has 1 heterocycles. The standard InChI is InChI=1S/C13H15BrN2O3/c14-10-2-1-3-11(6-10)19-8-12(17)16-5-4-9(7-16)13(15)18/h1-3,6,9H,4-5,7-8H2,(H2,15,18)/t9-/m1/s1. The van der Waals surface area contributed by atoms with E-state index >= 15 is 0 Å². The molecule has 0 bridgehead atoms. The lowest BCUT2D eigenvalue weighted by atomic mass is 10.1. The summed E-state index contributed by atoms with van der Waals surface area (Å²) in [4.78, 5) is 24.6. The molecule has 1 aliphatic heterocycles. The molecule has 0 aliphatic carbocycles. The molecule has 1 atom stereocenters. The van der Waals surface area contributed by atoms with Crippen molar-refractivity contribution in [2.24, 2.45) is 11.7 Å². The molecule has 0 radical (unpaired) electrons. The molecular formula is C13H15BrN2O3. The minimum atomic E-state index is -0.344. The van der Waals surface area contributed by atoms with Gasteiger partial charge >= 0.3 is 0 Å². The molecule has 0 aromatic heterocycles. The molecule has 1 aromatic rings. The molecule has 2 amide bonds. The highest BCUT2D eigenvalue weighted by atomic mass is 79.9. The molecule has 102 valence electrons. The number of ether oxygens (including phenoxy) is 1. The molecule has 5 nitrogen and oxygen atoms in total. The number of rotatable bonds is 4. The van der Waals surface area contributed by atoms with Gasteiger partial charge in [0.05, 0.1) is 5.92 Å². The summed E-state index contributed by atoms with van der Waals surface area (Å²) in [6.07, 6.45) is 0.637. The van der Waals surface area contributed by atoms with Crippen LogP contribution in [-0.2, 0) is 9.59 Å². The molecule has 1 aliphatic rings. The van der Waals surface area contributed by atoms with Gasteiger partial charge in [-0.2, -0.15) is 0 Å². The van der Waals surface area contributed by atoms with Gasteiger partial charge in [0.2, 0.25) is 5.91 Å². The number of hydrogen-bond acceptors (Lipinski definition) is 3. The lowest BCUT2D eigenvalue weighted by molar-refractivity contribution is -0.132. The first-order valence-electron chi connectivity index (χ1n) is 6.01. The zero-order chi connectivity index (χ0) is 13.8. The highest BCUT2D eigenvalue weighted by Gasteiger charge is 2.29. The predicted octanol–water partition coefficient (Wildman–Crippen LogP) is 1.16. The van der Waals surface area contributed by atoms with E-state index in [1.54, 1.807) is 17.0 Å². The number of hydrogen-bond donors (Lipinski definition) is 1. The van der Waals surface area contributed by atoms with E-state index in [9.17, 15) is 9.59 Å². The first-order valence-corrected chi connectivity index (χ1v) is 6.81. The molecule has 2 rings (SSSR count). The van der Waals surface area contributed by atoms with Gasteiger partial charge < -0.3 is 15.4 Å². The van der Waals surface area contributed by atoms with E-state index in [-0.39, 0.29) is 24.3 Å². The lowest BCUT2D eigenvalue weighted by Gasteiger charge is -2.16. The fraction of sp³-hybridized carbons (Fsp3) is 0.385. The molecule has 0 saturated carbocycles. The lowest BCUT2D eigenvalue weighted by Crippen LogP contribution is -2.34. The second kappa shape index (κ2) is 6.06. The van der Waals surface area contributed by atoms with Crippen LogP contribution < -0.4 is 10.5 Å². The van der Waals surface area contributed by atoms with Gasteiger partial charge in [0.15, 0.2) is 6.61 Å². The number of amides is 2. The van der Waals surface area contributed by atoms with Gasteiger partial charge in [-0.05, 0) is 24.6 Å². The first kappa shape index (κ1) is 13.9. The zero-order valence-electron chi connectivity index (χ0n) is 10.3. The Bertz CT molecular complexity index is 493. The van der Waals surface area contributed by atoms with Crippen molar-refractivity contribution in [3.05, 3.63) is 28.7 Å². The van der Waals surface area contributed by atoms with Crippen LogP contribution in [0.1, 0.15) is 6.42 Å². The number of primary amides is 1. The van der Waals surface area contributed by atoms with Gasteiger partial charge in [-0.15, -0.1) is 0 Å².